The van der Waals surface area contributed by atoms with Crippen molar-refractivity contribution < 1.29 is 4.79 Å². The van der Waals surface area contributed by atoms with Crippen LogP contribution in [0.25, 0.3) is 10.9 Å². The highest BCUT2D eigenvalue weighted by atomic mass is 79.9. The third kappa shape index (κ3) is 4.33. The molecule has 1 saturated heterocycles. The number of nitrogens with zero attached hydrogens (tertiary/aromatic N) is 1. The number of nitrogens with one attached hydrogen (secondary N) is 1. The predicted octanol–water partition coefficient (Wildman–Crippen LogP) is 5.77. The average Bonchev–Trinajstić information content (AvgIpc) is 3.13. The van der Waals surface area contributed by atoms with Gasteiger partial charge in [-0.15, -0.1) is 0 Å². The molecular formula is C23H25BrN2O. The van der Waals surface area contributed by atoms with Crippen LogP contribution in [0.3, 0.4) is 0 Å². The molecule has 2 aromatic carbocycles. The normalized spacial score (nSPS) is 16.0. The van der Waals surface area contributed by atoms with Crippen molar-refractivity contribution >= 4 is 32.6 Å². The van der Waals surface area contributed by atoms with E-state index in [2.05, 4.69) is 56.3 Å². The zero-order valence-electron chi connectivity index (χ0n) is 15.5. The van der Waals surface area contributed by atoms with E-state index in [9.17, 15) is 4.79 Å². The van der Waals surface area contributed by atoms with Crippen molar-refractivity contribution in [3.05, 3.63) is 70.3 Å². The van der Waals surface area contributed by atoms with E-state index in [1.807, 2.05) is 24.3 Å². The van der Waals surface area contributed by atoms with Gasteiger partial charge < -0.3 is 9.88 Å². The number of para-hydroxylation sites is 1. The Morgan fingerprint density at radius 2 is 1.81 bits per heavy atom. The lowest BCUT2D eigenvalue weighted by molar-refractivity contribution is 0.0972. The molecule has 0 amide bonds. The fourth-order valence-corrected chi connectivity index (χ4v) is 4.41. The number of H-pyrrole nitrogens is 1. The molecule has 1 fully saturated rings. The molecule has 3 aromatic rings. The number of aromatic amines is 1. The van der Waals surface area contributed by atoms with Crippen LogP contribution < -0.4 is 0 Å². The fourth-order valence-electron chi connectivity index (χ4n) is 4.14. The first-order chi connectivity index (χ1) is 13.2. The molecule has 27 heavy (non-hydrogen) atoms. The molecule has 0 saturated carbocycles. The van der Waals surface area contributed by atoms with Crippen molar-refractivity contribution in [1.29, 1.82) is 0 Å². The SMILES string of the molecule is O=C(CCCN1CCC(c2c[nH]c3ccccc23)CC1)c1ccc(Br)cc1. The minimum atomic E-state index is 0.246. The number of carbonyl (C=O) groups is 1. The number of likely N-dealkylation sites (tertiary alicyclic amines) is 1. The maximum Gasteiger partial charge on any atom is 0.162 e. The van der Waals surface area contributed by atoms with Crippen LogP contribution in [0.1, 0.15) is 47.5 Å². The predicted molar refractivity (Wildman–Crippen MR) is 114 cm³/mol. The first-order valence-corrected chi connectivity index (χ1v) is 10.6. The van der Waals surface area contributed by atoms with Crippen LogP contribution in [0.4, 0.5) is 0 Å². The quantitative estimate of drug-likeness (QED) is 0.509. The number of ketones is 1. The molecular weight excluding hydrogens is 400 g/mol. The van der Waals surface area contributed by atoms with Crippen LogP contribution in [0.5, 0.6) is 0 Å². The summed E-state index contributed by atoms with van der Waals surface area (Å²) in [5.41, 5.74) is 3.52. The third-order valence-corrected chi connectivity index (χ3v) is 6.22. The van der Waals surface area contributed by atoms with Gasteiger partial charge in [0.2, 0.25) is 0 Å². The fraction of sp³-hybridized carbons (Fsp3) is 0.348. The summed E-state index contributed by atoms with van der Waals surface area (Å²) >= 11 is 3.41. The van der Waals surface area contributed by atoms with Gasteiger partial charge in [0.15, 0.2) is 5.78 Å². The van der Waals surface area contributed by atoms with Crippen LogP contribution in [-0.2, 0) is 0 Å². The second-order valence-electron chi connectivity index (χ2n) is 7.44. The zero-order valence-corrected chi connectivity index (χ0v) is 17.0. The first-order valence-electron chi connectivity index (χ1n) is 9.78. The standard InChI is InChI=1S/C23H25BrN2O/c24-19-9-7-18(8-10-19)23(27)6-3-13-26-14-11-17(12-15-26)21-16-25-22-5-2-1-4-20(21)22/h1-2,4-5,7-10,16-17,25H,3,6,11-15H2. The van der Waals surface area contributed by atoms with E-state index in [0.717, 1.165) is 36.1 Å². The van der Waals surface area contributed by atoms with Gasteiger partial charge >= 0.3 is 0 Å². The summed E-state index contributed by atoms with van der Waals surface area (Å²) < 4.78 is 1.01. The Kier molecular flexibility index (Phi) is 5.74. The Hall–Kier alpha value is -1.91. The van der Waals surface area contributed by atoms with E-state index in [1.54, 1.807) is 0 Å². The lowest BCUT2D eigenvalue weighted by atomic mass is 9.89. The molecule has 3 nitrogen and oxygen atoms in total. The van der Waals surface area contributed by atoms with E-state index in [-0.39, 0.29) is 5.78 Å². The molecule has 0 spiro atoms. The van der Waals surface area contributed by atoms with Crippen molar-refractivity contribution in [2.45, 2.75) is 31.6 Å². The molecule has 1 N–H and O–H groups in total. The number of benzene rings is 2. The number of hydrogen-bond acceptors (Lipinski definition) is 2. The second kappa shape index (κ2) is 8.41. The molecule has 1 aliphatic rings. The van der Waals surface area contributed by atoms with Crippen molar-refractivity contribution in [3.63, 3.8) is 0 Å². The number of hydrogen-bond donors (Lipinski definition) is 1. The molecule has 2 heterocycles. The highest BCUT2D eigenvalue weighted by Gasteiger charge is 2.22. The number of aromatic nitrogens is 1. The van der Waals surface area contributed by atoms with Gasteiger partial charge in [0.05, 0.1) is 0 Å². The van der Waals surface area contributed by atoms with Gasteiger partial charge in [-0.25, -0.2) is 0 Å². The zero-order chi connectivity index (χ0) is 18.6. The van der Waals surface area contributed by atoms with Gasteiger partial charge in [-0.05, 0) is 68.6 Å². The van der Waals surface area contributed by atoms with E-state index in [4.69, 9.17) is 0 Å². The second-order valence-corrected chi connectivity index (χ2v) is 8.35. The summed E-state index contributed by atoms with van der Waals surface area (Å²) in [4.78, 5) is 18.2. The van der Waals surface area contributed by atoms with Gasteiger partial charge in [0, 0.05) is 33.6 Å². The minimum absolute atomic E-state index is 0.246. The molecule has 0 aliphatic carbocycles. The highest BCUT2D eigenvalue weighted by Crippen LogP contribution is 2.33. The number of fused-ring (bicyclic) bond motifs is 1. The molecule has 1 aromatic heterocycles. The maximum absolute atomic E-state index is 12.3. The van der Waals surface area contributed by atoms with Crippen molar-refractivity contribution in [3.8, 4) is 0 Å². The van der Waals surface area contributed by atoms with E-state index < -0.39 is 0 Å². The van der Waals surface area contributed by atoms with Crippen LogP contribution >= 0.6 is 15.9 Å². The summed E-state index contributed by atoms with van der Waals surface area (Å²) in [7, 11) is 0. The Balaban J connectivity index is 1.25. The molecule has 0 radical (unpaired) electrons. The lowest BCUT2D eigenvalue weighted by Crippen LogP contribution is -2.33. The van der Waals surface area contributed by atoms with Crippen LogP contribution in [0.15, 0.2) is 59.2 Å². The largest absolute Gasteiger partial charge is 0.361 e. The van der Waals surface area contributed by atoms with Gasteiger partial charge in [-0.1, -0.05) is 46.3 Å². The van der Waals surface area contributed by atoms with Crippen molar-refractivity contribution in [1.82, 2.24) is 9.88 Å². The van der Waals surface area contributed by atoms with Gasteiger partial charge in [0.25, 0.3) is 0 Å². The number of Topliss-reactive ketones (excluding diaryl/α,β-unsaturated/α-hetero) is 1. The van der Waals surface area contributed by atoms with Crippen molar-refractivity contribution in [2.75, 3.05) is 19.6 Å². The third-order valence-electron chi connectivity index (χ3n) is 5.69. The summed E-state index contributed by atoms with van der Waals surface area (Å²) in [6.07, 6.45) is 6.16. The minimum Gasteiger partial charge on any atom is -0.361 e. The highest BCUT2D eigenvalue weighted by molar-refractivity contribution is 9.10. The van der Waals surface area contributed by atoms with Gasteiger partial charge in [-0.2, -0.15) is 0 Å². The van der Waals surface area contributed by atoms with Crippen molar-refractivity contribution in [2.24, 2.45) is 0 Å². The molecule has 4 rings (SSSR count). The summed E-state index contributed by atoms with van der Waals surface area (Å²) in [6, 6.07) is 16.2. The lowest BCUT2D eigenvalue weighted by Gasteiger charge is -2.31. The van der Waals surface area contributed by atoms with Crippen LogP contribution in [-0.4, -0.2) is 35.3 Å². The molecule has 140 valence electrons. The molecule has 0 atom stereocenters. The summed E-state index contributed by atoms with van der Waals surface area (Å²) in [6.45, 7) is 3.26. The number of rotatable bonds is 6. The smallest absolute Gasteiger partial charge is 0.162 e. The Bertz CT molecular complexity index is 908. The number of halogens is 1. The first kappa shape index (κ1) is 18.5. The summed E-state index contributed by atoms with van der Waals surface area (Å²) in [5, 5.41) is 1.37. The van der Waals surface area contributed by atoms with Crippen LogP contribution in [0.2, 0.25) is 0 Å². The molecule has 4 heteroatoms. The average molecular weight is 425 g/mol. The maximum atomic E-state index is 12.3. The van der Waals surface area contributed by atoms with Gasteiger partial charge in [0.1, 0.15) is 0 Å². The van der Waals surface area contributed by atoms with Gasteiger partial charge in [-0.3, -0.25) is 4.79 Å². The number of carbonyl (C=O) groups excluding carboxylic acids is 1. The van der Waals surface area contributed by atoms with Crippen LogP contribution in [0, 0.1) is 0 Å². The van der Waals surface area contributed by atoms with E-state index in [1.165, 1.54) is 29.3 Å². The number of piperidine rings is 1. The molecule has 0 unspecified atom stereocenters. The Labute approximate surface area is 168 Å². The summed E-state index contributed by atoms with van der Waals surface area (Å²) in [5.74, 6) is 0.887. The Morgan fingerprint density at radius 3 is 2.59 bits per heavy atom. The Morgan fingerprint density at radius 1 is 1.07 bits per heavy atom. The molecule has 1 aliphatic heterocycles. The molecule has 0 bridgehead atoms. The van der Waals surface area contributed by atoms with E-state index in [0.29, 0.717) is 12.3 Å². The topological polar surface area (TPSA) is 36.1 Å². The van der Waals surface area contributed by atoms with E-state index >= 15 is 0 Å². The monoisotopic (exact) mass is 424 g/mol.